The van der Waals surface area contributed by atoms with Gasteiger partial charge in [-0.25, -0.2) is 4.98 Å². The Bertz CT molecular complexity index is 590. The molecule has 3 heterocycles. The van der Waals surface area contributed by atoms with Crippen LogP contribution in [0.25, 0.3) is 0 Å². The minimum Gasteiger partial charge on any atom is -0.382 e. The molecule has 4 nitrogen and oxygen atoms in total. The average molecular weight is 258 g/mol. The molecule has 0 atom stereocenters. The highest BCUT2D eigenvalue weighted by Gasteiger charge is 2.18. The molecule has 0 saturated carbocycles. The van der Waals surface area contributed by atoms with Crippen LogP contribution in [0.15, 0.2) is 29.6 Å². The summed E-state index contributed by atoms with van der Waals surface area (Å²) < 4.78 is 0. The number of nitrogens with zero attached hydrogens (tertiary/aromatic N) is 2. The van der Waals surface area contributed by atoms with Gasteiger partial charge < -0.3 is 10.6 Å². The highest BCUT2D eigenvalue weighted by atomic mass is 32.1. The van der Waals surface area contributed by atoms with Gasteiger partial charge in [-0.15, -0.1) is 11.3 Å². The zero-order valence-corrected chi connectivity index (χ0v) is 10.7. The number of nitrogen functional groups attached to an aromatic ring is 1. The molecule has 1 aliphatic heterocycles. The van der Waals surface area contributed by atoms with Crippen LogP contribution in [0.2, 0.25) is 0 Å². The number of nitrogens with one attached hydrogen (secondary N) is 1. The standard InChI is InChI=1S/C13H14N4S/c14-13(15)10-2-1-3-12(16-10)17-6-4-11-9(8-17)5-7-18-11/h1-3,5,7H,4,6,8H2,(H3,14,15). The van der Waals surface area contributed by atoms with Crippen LogP contribution in [0.5, 0.6) is 0 Å². The number of aromatic nitrogens is 1. The fraction of sp³-hybridized carbons (Fsp3) is 0.231. The fourth-order valence-corrected chi connectivity index (χ4v) is 3.08. The molecule has 1 aliphatic rings. The van der Waals surface area contributed by atoms with Gasteiger partial charge in [0.05, 0.1) is 0 Å². The molecule has 18 heavy (non-hydrogen) atoms. The third-order valence-corrected chi connectivity index (χ3v) is 4.17. The lowest BCUT2D eigenvalue weighted by molar-refractivity contribution is 0.732. The van der Waals surface area contributed by atoms with Crippen molar-refractivity contribution in [3.05, 3.63) is 45.8 Å². The Balaban J connectivity index is 1.88. The summed E-state index contributed by atoms with van der Waals surface area (Å²) in [7, 11) is 0. The lowest BCUT2D eigenvalue weighted by Gasteiger charge is -2.28. The van der Waals surface area contributed by atoms with E-state index in [-0.39, 0.29) is 5.84 Å². The van der Waals surface area contributed by atoms with Crippen LogP contribution < -0.4 is 10.6 Å². The first-order valence-corrected chi connectivity index (χ1v) is 6.73. The number of pyridine rings is 1. The van der Waals surface area contributed by atoms with E-state index in [4.69, 9.17) is 11.1 Å². The number of hydrogen-bond donors (Lipinski definition) is 2. The number of thiophene rings is 1. The van der Waals surface area contributed by atoms with Crippen molar-refractivity contribution in [3.63, 3.8) is 0 Å². The van der Waals surface area contributed by atoms with Crippen LogP contribution >= 0.6 is 11.3 Å². The summed E-state index contributed by atoms with van der Waals surface area (Å²) in [6.07, 6.45) is 1.07. The zero-order chi connectivity index (χ0) is 12.5. The highest BCUT2D eigenvalue weighted by molar-refractivity contribution is 7.10. The van der Waals surface area contributed by atoms with Crippen LogP contribution in [0.3, 0.4) is 0 Å². The average Bonchev–Trinajstić information content (AvgIpc) is 2.86. The fourth-order valence-electron chi connectivity index (χ4n) is 2.19. The summed E-state index contributed by atoms with van der Waals surface area (Å²) in [5, 5.41) is 9.58. The number of nitrogens with two attached hydrogens (primary N) is 1. The van der Waals surface area contributed by atoms with Crippen LogP contribution in [0.4, 0.5) is 5.82 Å². The second-order valence-electron chi connectivity index (χ2n) is 4.34. The Hall–Kier alpha value is -1.88. The summed E-state index contributed by atoms with van der Waals surface area (Å²) in [6, 6.07) is 7.83. The van der Waals surface area contributed by atoms with E-state index in [1.54, 1.807) is 6.07 Å². The summed E-state index contributed by atoms with van der Waals surface area (Å²) in [6.45, 7) is 1.87. The maximum absolute atomic E-state index is 7.44. The predicted octanol–water partition coefficient (Wildman–Crippen LogP) is 1.99. The van der Waals surface area contributed by atoms with E-state index >= 15 is 0 Å². The Labute approximate surface area is 110 Å². The summed E-state index contributed by atoms with van der Waals surface area (Å²) in [5.74, 6) is 0.921. The third-order valence-electron chi connectivity index (χ3n) is 3.14. The first-order chi connectivity index (χ1) is 8.74. The van der Waals surface area contributed by atoms with Gasteiger partial charge in [0.25, 0.3) is 0 Å². The SMILES string of the molecule is N=C(N)c1cccc(N2CCc3sccc3C2)n1. The molecular formula is C13H14N4S. The zero-order valence-electron chi connectivity index (χ0n) is 9.89. The maximum atomic E-state index is 7.44. The van der Waals surface area contributed by atoms with Crippen molar-refractivity contribution < 1.29 is 0 Å². The van der Waals surface area contributed by atoms with E-state index in [1.165, 1.54) is 10.4 Å². The van der Waals surface area contributed by atoms with E-state index in [9.17, 15) is 0 Å². The largest absolute Gasteiger partial charge is 0.382 e. The van der Waals surface area contributed by atoms with Crippen molar-refractivity contribution in [2.75, 3.05) is 11.4 Å². The van der Waals surface area contributed by atoms with Gasteiger partial charge in [0.2, 0.25) is 0 Å². The Morgan fingerprint density at radius 3 is 3.11 bits per heavy atom. The van der Waals surface area contributed by atoms with Crippen LogP contribution in [0.1, 0.15) is 16.1 Å². The predicted molar refractivity (Wildman–Crippen MR) is 74.3 cm³/mol. The molecule has 0 aliphatic carbocycles. The normalized spacial score (nSPS) is 14.3. The molecule has 2 aromatic rings. The van der Waals surface area contributed by atoms with Gasteiger partial charge in [0.1, 0.15) is 17.3 Å². The molecule has 5 heteroatoms. The molecule has 0 fully saturated rings. The second-order valence-corrected chi connectivity index (χ2v) is 5.34. The lowest BCUT2D eigenvalue weighted by Crippen LogP contribution is -2.30. The summed E-state index contributed by atoms with van der Waals surface area (Å²) in [4.78, 5) is 8.15. The van der Waals surface area contributed by atoms with Crippen LogP contribution in [-0.2, 0) is 13.0 Å². The number of fused-ring (bicyclic) bond motifs is 1. The van der Waals surface area contributed by atoms with Crippen molar-refractivity contribution >= 4 is 23.0 Å². The van der Waals surface area contributed by atoms with E-state index in [2.05, 4.69) is 21.3 Å². The van der Waals surface area contributed by atoms with Gasteiger partial charge in [-0.05, 0) is 35.6 Å². The van der Waals surface area contributed by atoms with Gasteiger partial charge in [-0.2, -0.15) is 0 Å². The van der Waals surface area contributed by atoms with E-state index in [0.717, 1.165) is 25.3 Å². The quantitative estimate of drug-likeness (QED) is 0.639. The first-order valence-electron chi connectivity index (χ1n) is 5.85. The van der Waals surface area contributed by atoms with E-state index < -0.39 is 0 Å². The molecule has 0 bridgehead atoms. The molecule has 0 unspecified atom stereocenters. The molecule has 3 N–H and O–H groups in total. The molecule has 2 aromatic heterocycles. The van der Waals surface area contributed by atoms with E-state index in [1.807, 2.05) is 23.5 Å². The first kappa shape index (κ1) is 11.2. The third kappa shape index (κ3) is 1.97. The second kappa shape index (κ2) is 4.42. The van der Waals surface area contributed by atoms with Crippen molar-refractivity contribution in [2.45, 2.75) is 13.0 Å². The lowest BCUT2D eigenvalue weighted by atomic mass is 10.1. The molecule has 0 spiro atoms. The van der Waals surface area contributed by atoms with Gasteiger partial charge in [0.15, 0.2) is 0 Å². The van der Waals surface area contributed by atoms with Crippen LogP contribution in [-0.4, -0.2) is 17.4 Å². The molecule has 0 amide bonds. The maximum Gasteiger partial charge on any atom is 0.141 e. The monoisotopic (exact) mass is 258 g/mol. The summed E-state index contributed by atoms with van der Waals surface area (Å²) in [5.41, 5.74) is 7.41. The molecule has 0 aromatic carbocycles. The smallest absolute Gasteiger partial charge is 0.141 e. The van der Waals surface area contributed by atoms with Crippen LogP contribution in [0, 0.1) is 5.41 Å². The van der Waals surface area contributed by atoms with Gasteiger partial charge in [-0.3, -0.25) is 5.41 Å². The van der Waals surface area contributed by atoms with Gasteiger partial charge in [0, 0.05) is 18.0 Å². The molecule has 92 valence electrons. The van der Waals surface area contributed by atoms with Crippen molar-refractivity contribution in [2.24, 2.45) is 5.73 Å². The van der Waals surface area contributed by atoms with Crippen molar-refractivity contribution in [1.82, 2.24) is 4.98 Å². The minimum absolute atomic E-state index is 0.0186. The van der Waals surface area contributed by atoms with Gasteiger partial charge >= 0.3 is 0 Å². The minimum atomic E-state index is 0.0186. The molecule has 0 saturated heterocycles. The molecular weight excluding hydrogens is 244 g/mol. The number of anilines is 1. The number of hydrogen-bond acceptors (Lipinski definition) is 4. The topological polar surface area (TPSA) is 66.0 Å². The summed E-state index contributed by atoms with van der Waals surface area (Å²) >= 11 is 1.83. The Morgan fingerprint density at radius 1 is 1.39 bits per heavy atom. The van der Waals surface area contributed by atoms with Crippen molar-refractivity contribution in [1.29, 1.82) is 5.41 Å². The molecule has 3 rings (SSSR count). The van der Waals surface area contributed by atoms with Gasteiger partial charge in [-0.1, -0.05) is 6.07 Å². The highest BCUT2D eigenvalue weighted by Crippen LogP contribution is 2.26. The number of rotatable bonds is 2. The molecule has 0 radical (unpaired) electrons. The van der Waals surface area contributed by atoms with E-state index in [0.29, 0.717) is 5.69 Å². The Kier molecular flexibility index (Phi) is 2.76. The Morgan fingerprint density at radius 2 is 2.28 bits per heavy atom. The van der Waals surface area contributed by atoms with Crippen molar-refractivity contribution in [3.8, 4) is 0 Å². The number of amidine groups is 1.